The van der Waals surface area contributed by atoms with E-state index in [4.69, 9.17) is 11.6 Å². The molecule has 0 aliphatic heterocycles. The van der Waals surface area contributed by atoms with Crippen LogP contribution in [0.3, 0.4) is 0 Å². The van der Waals surface area contributed by atoms with Crippen molar-refractivity contribution in [3.63, 3.8) is 0 Å². The van der Waals surface area contributed by atoms with E-state index in [2.05, 4.69) is 4.98 Å². The zero-order chi connectivity index (χ0) is 11.6. The lowest BCUT2D eigenvalue weighted by Crippen LogP contribution is -2.03. The maximum Gasteiger partial charge on any atom is 0.301 e. The van der Waals surface area contributed by atoms with Gasteiger partial charge in [0.25, 0.3) is 6.43 Å². The first-order valence-electron chi connectivity index (χ1n) is 3.64. The summed E-state index contributed by atoms with van der Waals surface area (Å²) in [7, 11) is 0. The van der Waals surface area contributed by atoms with E-state index in [1.807, 2.05) is 0 Å². The molecule has 0 aliphatic rings. The molecule has 82 valence electrons. The molecule has 1 heterocycles. The fraction of sp³-hybridized carbons (Fsp3) is 0.286. The van der Waals surface area contributed by atoms with Crippen LogP contribution in [-0.4, -0.2) is 9.91 Å². The van der Waals surface area contributed by atoms with Crippen molar-refractivity contribution in [1.82, 2.24) is 4.98 Å². The molecule has 0 unspecified atom stereocenters. The van der Waals surface area contributed by atoms with Gasteiger partial charge in [0, 0.05) is 0 Å². The Labute approximate surface area is 102 Å². The first-order chi connectivity index (χ1) is 6.99. The van der Waals surface area contributed by atoms with E-state index in [9.17, 15) is 18.9 Å². The Morgan fingerprint density at radius 2 is 2.27 bits per heavy atom. The Morgan fingerprint density at radius 1 is 1.67 bits per heavy atom. The molecule has 0 radical (unpaired) electrons. The second-order valence-corrected chi connectivity index (χ2v) is 3.86. The third-order valence-electron chi connectivity index (χ3n) is 1.66. The molecule has 0 bridgehead atoms. The minimum absolute atomic E-state index is 0.0262. The molecule has 0 N–H and O–H groups in total. The van der Waals surface area contributed by atoms with Gasteiger partial charge in [-0.2, -0.15) is 0 Å². The largest absolute Gasteiger partial charge is 0.301 e. The average Bonchev–Trinajstić information content (AvgIpc) is 2.15. The van der Waals surface area contributed by atoms with Gasteiger partial charge in [0.2, 0.25) is 0 Å². The maximum absolute atomic E-state index is 12.6. The molecular weight excluding hydrogens is 344 g/mol. The lowest BCUT2D eigenvalue weighted by atomic mass is 10.2. The van der Waals surface area contributed by atoms with Gasteiger partial charge < -0.3 is 0 Å². The van der Waals surface area contributed by atoms with Gasteiger partial charge in [0.1, 0.15) is 9.77 Å². The first kappa shape index (κ1) is 12.5. The molecule has 0 saturated carbocycles. The Balaban J connectivity index is 3.42. The molecule has 1 rings (SSSR count). The number of alkyl halides is 3. The van der Waals surface area contributed by atoms with Crippen molar-refractivity contribution in [2.24, 2.45) is 0 Å². The SMILES string of the molecule is O=[N+]([O-])c1cnc(CCl)c(C(F)F)c1I. The summed E-state index contributed by atoms with van der Waals surface area (Å²) in [5, 5.41) is 10.5. The smallest absolute Gasteiger partial charge is 0.258 e. The van der Waals surface area contributed by atoms with Gasteiger partial charge >= 0.3 is 5.69 Å². The lowest BCUT2D eigenvalue weighted by molar-refractivity contribution is -0.386. The minimum Gasteiger partial charge on any atom is -0.258 e. The second kappa shape index (κ2) is 4.97. The van der Waals surface area contributed by atoms with Crippen molar-refractivity contribution >= 4 is 39.9 Å². The standard InChI is InChI=1S/C7H4ClF2IN2O2/c8-1-3-5(7(9)10)6(11)4(2-12-3)13(14)15/h2,7H,1H2. The van der Waals surface area contributed by atoms with Crippen LogP contribution in [0.1, 0.15) is 17.7 Å². The van der Waals surface area contributed by atoms with E-state index < -0.39 is 22.6 Å². The highest BCUT2D eigenvalue weighted by Crippen LogP contribution is 2.33. The lowest BCUT2D eigenvalue weighted by Gasteiger charge is -2.07. The predicted molar refractivity (Wildman–Crippen MR) is 58.1 cm³/mol. The molecule has 0 amide bonds. The summed E-state index contributed by atoms with van der Waals surface area (Å²) in [5.41, 5.74) is -0.916. The van der Waals surface area contributed by atoms with Crippen LogP contribution in [0.2, 0.25) is 0 Å². The van der Waals surface area contributed by atoms with E-state index >= 15 is 0 Å². The van der Waals surface area contributed by atoms with Crippen LogP contribution >= 0.6 is 34.2 Å². The van der Waals surface area contributed by atoms with E-state index in [0.717, 1.165) is 6.20 Å². The number of halogens is 4. The fourth-order valence-electron chi connectivity index (χ4n) is 0.985. The van der Waals surface area contributed by atoms with Crippen LogP contribution in [0, 0.1) is 13.7 Å². The summed E-state index contributed by atoms with van der Waals surface area (Å²) in [6.45, 7) is 0. The topological polar surface area (TPSA) is 56.0 Å². The van der Waals surface area contributed by atoms with Gasteiger partial charge in [0.05, 0.1) is 22.1 Å². The highest BCUT2D eigenvalue weighted by atomic mass is 127. The number of aromatic nitrogens is 1. The summed E-state index contributed by atoms with van der Waals surface area (Å²) >= 11 is 6.91. The fourth-order valence-corrected chi connectivity index (χ4v) is 2.08. The monoisotopic (exact) mass is 348 g/mol. The summed E-state index contributed by atoms with van der Waals surface area (Å²) < 4.78 is 25.1. The van der Waals surface area contributed by atoms with Gasteiger partial charge in [-0.15, -0.1) is 11.6 Å². The first-order valence-corrected chi connectivity index (χ1v) is 5.26. The average molecular weight is 348 g/mol. The van der Waals surface area contributed by atoms with Gasteiger partial charge in [-0.05, 0) is 22.6 Å². The summed E-state index contributed by atoms with van der Waals surface area (Å²) in [6.07, 6.45) is -1.89. The van der Waals surface area contributed by atoms with E-state index in [-0.39, 0.29) is 15.1 Å². The van der Waals surface area contributed by atoms with Gasteiger partial charge in [0.15, 0.2) is 0 Å². The Morgan fingerprint density at radius 3 is 2.67 bits per heavy atom. The van der Waals surface area contributed by atoms with Gasteiger partial charge in [-0.25, -0.2) is 8.78 Å². The number of nitro groups is 1. The van der Waals surface area contributed by atoms with Crippen LogP contribution in [-0.2, 0) is 5.88 Å². The van der Waals surface area contributed by atoms with Crippen molar-refractivity contribution in [2.75, 3.05) is 0 Å². The third kappa shape index (κ3) is 2.51. The van der Waals surface area contributed by atoms with Crippen LogP contribution in [0.25, 0.3) is 0 Å². The molecule has 0 atom stereocenters. The highest BCUT2D eigenvalue weighted by molar-refractivity contribution is 14.1. The van der Waals surface area contributed by atoms with E-state index in [1.165, 1.54) is 22.6 Å². The molecular formula is C7H4ClF2IN2O2. The normalized spacial score (nSPS) is 10.7. The van der Waals surface area contributed by atoms with Crippen LogP contribution < -0.4 is 0 Å². The molecule has 0 aliphatic carbocycles. The van der Waals surface area contributed by atoms with Crippen molar-refractivity contribution in [2.45, 2.75) is 12.3 Å². The van der Waals surface area contributed by atoms with Crippen LogP contribution in [0.15, 0.2) is 6.20 Å². The molecule has 8 heteroatoms. The van der Waals surface area contributed by atoms with Crippen molar-refractivity contribution in [3.05, 3.63) is 31.1 Å². The number of rotatable bonds is 3. The maximum atomic E-state index is 12.6. The number of hydrogen-bond donors (Lipinski definition) is 0. The predicted octanol–water partition coefficient (Wildman–Crippen LogP) is 3.27. The summed E-state index contributed by atoms with van der Waals surface area (Å²) in [5.74, 6) is -0.201. The van der Waals surface area contributed by atoms with Crippen molar-refractivity contribution < 1.29 is 13.7 Å². The van der Waals surface area contributed by atoms with E-state index in [0.29, 0.717) is 0 Å². The van der Waals surface area contributed by atoms with Crippen molar-refractivity contribution in [3.8, 4) is 0 Å². The molecule has 0 saturated heterocycles. The number of pyridine rings is 1. The van der Waals surface area contributed by atoms with Crippen LogP contribution in [0.4, 0.5) is 14.5 Å². The quantitative estimate of drug-likeness (QED) is 0.365. The molecule has 15 heavy (non-hydrogen) atoms. The minimum atomic E-state index is -2.82. The molecule has 1 aromatic heterocycles. The summed E-state index contributed by atoms with van der Waals surface area (Å²) in [6, 6.07) is 0. The van der Waals surface area contributed by atoms with Gasteiger partial charge in [-0.1, -0.05) is 0 Å². The molecule has 0 fully saturated rings. The summed E-state index contributed by atoms with van der Waals surface area (Å²) in [4.78, 5) is 13.3. The molecule has 0 aromatic carbocycles. The Kier molecular flexibility index (Phi) is 4.14. The molecule has 1 aromatic rings. The molecule has 4 nitrogen and oxygen atoms in total. The number of hydrogen-bond acceptors (Lipinski definition) is 3. The van der Waals surface area contributed by atoms with Gasteiger partial charge in [-0.3, -0.25) is 15.1 Å². The Hall–Kier alpha value is -0.570. The second-order valence-electron chi connectivity index (χ2n) is 2.51. The van der Waals surface area contributed by atoms with Crippen molar-refractivity contribution in [1.29, 1.82) is 0 Å². The van der Waals surface area contributed by atoms with Crippen LogP contribution in [0.5, 0.6) is 0 Å². The van der Waals surface area contributed by atoms with E-state index in [1.54, 1.807) is 0 Å². The third-order valence-corrected chi connectivity index (χ3v) is 3.04. The zero-order valence-corrected chi connectivity index (χ0v) is 10.00. The zero-order valence-electron chi connectivity index (χ0n) is 7.08. The Bertz CT molecular complexity index is 403. The highest BCUT2D eigenvalue weighted by Gasteiger charge is 2.25. The molecule has 0 spiro atoms. The number of nitrogens with zero attached hydrogens (tertiary/aromatic N) is 2.